The SMILES string of the molecule is COCc1ccc(C(=O)N2CCC(C(=O)OC)C2)cc1. The predicted octanol–water partition coefficient (Wildman–Crippen LogP) is 1.47. The number of benzene rings is 1. The van der Waals surface area contributed by atoms with Gasteiger partial charge in [0.15, 0.2) is 0 Å². The number of carbonyl (C=O) groups excluding carboxylic acids is 2. The zero-order valence-electron chi connectivity index (χ0n) is 11.8. The van der Waals surface area contributed by atoms with Crippen molar-refractivity contribution in [3.63, 3.8) is 0 Å². The summed E-state index contributed by atoms with van der Waals surface area (Å²) in [6.07, 6.45) is 0.667. The smallest absolute Gasteiger partial charge is 0.310 e. The first-order chi connectivity index (χ1) is 9.65. The highest BCUT2D eigenvalue weighted by atomic mass is 16.5. The summed E-state index contributed by atoms with van der Waals surface area (Å²) in [5.41, 5.74) is 1.66. The van der Waals surface area contributed by atoms with E-state index in [1.807, 2.05) is 12.1 Å². The van der Waals surface area contributed by atoms with E-state index in [0.717, 1.165) is 5.56 Å². The second-order valence-corrected chi connectivity index (χ2v) is 4.89. The van der Waals surface area contributed by atoms with Gasteiger partial charge in [0.1, 0.15) is 0 Å². The van der Waals surface area contributed by atoms with E-state index in [9.17, 15) is 9.59 Å². The van der Waals surface area contributed by atoms with Crippen molar-refractivity contribution in [1.82, 2.24) is 4.90 Å². The highest BCUT2D eigenvalue weighted by molar-refractivity contribution is 5.94. The molecular weight excluding hydrogens is 258 g/mol. The molecule has 1 aromatic rings. The highest BCUT2D eigenvalue weighted by Crippen LogP contribution is 2.20. The van der Waals surface area contributed by atoms with E-state index < -0.39 is 0 Å². The number of likely N-dealkylation sites (tertiary alicyclic amines) is 1. The third-order valence-corrected chi connectivity index (χ3v) is 3.52. The molecule has 1 saturated heterocycles. The molecule has 2 rings (SSSR count). The first-order valence-electron chi connectivity index (χ1n) is 6.60. The normalized spacial score (nSPS) is 18.1. The molecule has 0 bridgehead atoms. The van der Waals surface area contributed by atoms with Crippen molar-refractivity contribution in [1.29, 1.82) is 0 Å². The zero-order chi connectivity index (χ0) is 14.5. The molecule has 1 fully saturated rings. The summed E-state index contributed by atoms with van der Waals surface area (Å²) >= 11 is 0. The molecule has 1 aromatic carbocycles. The van der Waals surface area contributed by atoms with E-state index in [-0.39, 0.29) is 17.8 Å². The number of nitrogens with zero attached hydrogens (tertiary/aromatic N) is 1. The van der Waals surface area contributed by atoms with Crippen LogP contribution in [0.2, 0.25) is 0 Å². The van der Waals surface area contributed by atoms with Crippen LogP contribution in [0.3, 0.4) is 0 Å². The number of hydrogen-bond acceptors (Lipinski definition) is 4. The number of carbonyl (C=O) groups is 2. The van der Waals surface area contributed by atoms with Crippen LogP contribution < -0.4 is 0 Å². The maximum Gasteiger partial charge on any atom is 0.310 e. The standard InChI is InChI=1S/C15H19NO4/c1-19-10-11-3-5-12(6-4-11)14(17)16-8-7-13(9-16)15(18)20-2/h3-6,13H,7-10H2,1-2H3. The molecule has 1 heterocycles. The average Bonchev–Trinajstić information content (AvgIpc) is 2.96. The minimum absolute atomic E-state index is 0.0413. The maximum atomic E-state index is 12.3. The van der Waals surface area contributed by atoms with Gasteiger partial charge in [-0.3, -0.25) is 9.59 Å². The van der Waals surface area contributed by atoms with Crippen LogP contribution in [0, 0.1) is 5.92 Å². The van der Waals surface area contributed by atoms with Crippen molar-refractivity contribution in [2.75, 3.05) is 27.3 Å². The van der Waals surface area contributed by atoms with Crippen molar-refractivity contribution in [2.24, 2.45) is 5.92 Å². The lowest BCUT2D eigenvalue weighted by atomic mass is 10.1. The summed E-state index contributed by atoms with van der Waals surface area (Å²) in [6, 6.07) is 7.35. The molecule has 1 aliphatic rings. The van der Waals surface area contributed by atoms with Crippen molar-refractivity contribution < 1.29 is 19.1 Å². The summed E-state index contributed by atoms with van der Waals surface area (Å²) in [4.78, 5) is 25.5. The van der Waals surface area contributed by atoms with E-state index in [1.54, 1.807) is 24.1 Å². The molecule has 0 aliphatic carbocycles. The molecular formula is C15H19NO4. The Bertz CT molecular complexity index is 483. The van der Waals surface area contributed by atoms with Gasteiger partial charge in [0.2, 0.25) is 0 Å². The van der Waals surface area contributed by atoms with Crippen LogP contribution in [0.25, 0.3) is 0 Å². The minimum Gasteiger partial charge on any atom is -0.469 e. The molecule has 0 radical (unpaired) electrons. The topological polar surface area (TPSA) is 55.8 Å². The molecule has 0 spiro atoms. The molecule has 0 aromatic heterocycles. The van der Waals surface area contributed by atoms with E-state index >= 15 is 0 Å². The van der Waals surface area contributed by atoms with Gasteiger partial charge in [-0.1, -0.05) is 12.1 Å². The molecule has 1 amide bonds. The van der Waals surface area contributed by atoms with Gasteiger partial charge in [-0.15, -0.1) is 0 Å². The lowest BCUT2D eigenvalue weighted by Gasteiger charge is -2.16. The minimum atomic E-state index is -0.240. The fourth-order valence-electron chi connectivity index (χ4n) is 2.40. The van der Waals surface area contributed by atoms with Gasteiger partial charge >= 0.3 is 5.97 Å². The second kappa shape index (κ2) is 6.52. The summed E-state index contributed by atoms with van der Waals surface area (Å²) < 4.78 is 9.75. The fourth-order valence-corrected chi connectivity index (χ4v) is 2.40. The summed E-state index contributed by atoms with van der Waals surface area (Å²) in [7, 11) is 3.01. The Morgan fingerprint density at radius 1 is 1.25 bits per heavy atom. The average molecular weight is 277 g/mol. The summed E-state index contributed by atoms with van der Waals surface area (Å²) in [5.74, 6) is -0.479. The molecule has 0 saturated carbocycles. The van der Waals surface area contributed by atoms with Crippen LogP contribution in [0.4, 0.5) is 0 Å². The van der Waals surface area contributed by atoms with Gasteiger partial charge < -0.3 is 14.4 Å². The first-order valence-corrected chi connectivity index (χ1v) is 6.60. The number of ether oxygens (including phenoxy) is 2. The molecule has 1 aliphatic heterocycles. The van der Waals surface area contributed by atoms with Crippen molar-refractivity contribution in [2.45, 2.75) is 13.0 Å². The number of hydrogen-bond donors (Lipinski definition) is 0. The maximum absolute atomic E-state index is 12.3. The number of esters is 1. The van der Waals surface area contributed by atoms with Gasteiger partial charge in [0.25, 0.3) is 5.91 Å². The van der Waals surface area contributed by atoms with Crippen LogP contribution >= 0.6 is 0 Å². The van der Waals surface area contributed by atoms with Crippen molar-refractivity contribution in [3.05, 3.63) is 35.4 Å². The number of methoxy groups -OCH3 is 2. The van der Waals surface area contributed by atoms with Crippen LogP contribution in [0.15, 0.2) is 24.3 Å². The van der Waals surface area contributed by atoms with Crippen LogP contribution in [-0.4, -0.2) is 44.1 Å². The van der Waals surface area contributed by atoms with Gasteiger partial charge in [0.05, 0.1) is 19.6 Å². The van der Waals surface area contributed by atoms with Gasteiger partial charge in [-0.05, 0) is 24.1 Å². The van der Waals surface area contributed by atoms with Gasteiger partial charge in [-0.2, -0.15) is 0 Å². The quantitative estimate of drug-likeness (QED) is 0.782. The lowest BCUT2D eigenvalue weighted by molar-refractivity contribution is -0.144. The van der Waals surface area contributed by atoms with Crippen molar-refractivity contribution in [3.8, 4) is 0 Å². The lowest BCUT2D eigenvalue weighted by Crippen LogP contribution is -2.30. The molecule has 1 atom stereocenters. The molecule has 108 valence electrons. The second-order valence-electron chi connectivity index (χ2n) is 4.89. The van der Waals surface area contributed by atoms with Crippen molar-refractivity contribution >= 4 is 11.9 Å². The molecule has 5 nitrogen and oxygen atoms in total. The van der Waals surface area contributed by atoms with Gasteiger partial charge in [0, 0.05) is 25.8 Å². The Labute approximate surface area is 118 Å². The molecule has 1 unspecified atom stereocenters. The Kier molecular flexibility index (Phi) is 4.74. The summed E-state index contributed by atoms with van der Waals surface area (Å²) in [6.45, 7) is 1.56. The predicted molar refractivity (Wildman–Crippen MR) is 73.2 cm³/mol. The Balaban J connectivity index is 1.99. The fraction of sp³-hybridized carbons (Fsp3) is 0.467. The summed E-state index contributed by atoms with van der Waals surface area (Å²) in [5, 5.41) is 0. The Morgan fingerprint density at radius 3 is 2.55 bits per heavy atom. The highest BCUT2D eigenvalue weighted by Gasteiger charge is 2.31. The van der Waals surface area contributed by atoms with E-state index in [0.29, 0.717) is 31.7 Å². The van der Waals surface area contributed by atoms with Gasteiger partial charge in [-0.25, -0.2) is 0 Å². The number of rotatable bonds is 4. The Morgan fingerprint density at radius 2 is 1.95 bits per heavy atom. The van der Waals surface area contributed by atoms with E-state index in [4.69, 9.17) is 9.47 Å². The van der Waals surface area contributed by atoms with Crippen LogP contribution in [0.5, 0.6) is 0 Å². The number of amides is 1. The van der Waals surface area contributed by atoms with E-state index in [2.05, 4.69) is 0 Å². The molecule has 0 N–H and O–H groups in total. The molecule has 5 heteroatoms. The largest absolute Gasteiger partial charge is 0.469 e. The van der Waals surface area contributed by atoms with Crippen LogP contribution in [0.1, 0.15) is 22.3 Å². The Hall–Kier alpha value is -1.88. The third-order valence-electron chi connectivity index (χ3n) is 3.52. The van der Waals surface area contributed by atoms with Crippen LogP contribution in [-0.2, 0) is 20.9 Å². The third kappa shape index (κ3) is 3.17. The monoisotopic (exact) mass is 277 g/mol. The first kappa shape index (κ1) is 14.5. The molecule has 20 heavy (non-hydrogen) atoms. The zero-order valence-corrected chi connectivity index (χ0v) is 11.8. The van der Waals surface area contributed by atoms with E-state index in [1.165, 1.54) is 7.11 Å².